The van der Waals surface area contributed by atoms with Gasteiger partial charge in [0.2, 0.25) is 0 Å². The van der Waals surface area contributed by atoms with E-state index in [0.29, 0.717) is 17.3 Å². The maximum absolute atomic E-state index is 12.1. The lowest BCUT2D eigenvalue weighted by atomic mass is 10.0. The molecule has 0 bridgehead atoms. The maximum Gasteiger partial charge on any atom is 0.415 e. The highest BCUT2D eigenvalue weighted by molar-refractivity contribution is 7.80. The molecular weight excluding hydrogens is 248 g/mol. The predicted octanol–water partition coefficient (Wildman–Crippen LogP) is 2.33. The Hall–Kier alpha value is -1.62. The summed E-state index contributed by atoms with van der Waals surface area (Å²) in [6.45, 7) is 0.647. The van der Waals surface area contributed by atoms with Gasteiger partial charge in [-0.25, -0.2) is 4.79 Å². The van der Waals surface area contributed by atoms with Crippen molar-refractivity contribution in [2.24, 2.45) is 5.73 Å². The van der Waals surface area contributed by atoms with E-state index in [4.69, 9.17) is 22.7 Å². The lowest BCUT2D eigenvalue weighted by Gasteiger charge is -2.33. The molecule has 2 N–H and O–H groups in total. The van der Waals surface area contributed by atoms with E-state index in [-0.39, 0.29) is 12.1 Å². The molecule has 1 aliphatic rings. The number of ether oxygens (including phenoxy) is 1. The second kappa shape index (κ2) is 5.82. The van der Waals surface area contributed by atoms with E-state index in [0.717, 1.165) is 19.3 Å². The van der Waals surface area contributed by atoms with E-state index in [1.165, 1.54) is 0 Å². The van der Waals surface area contributed by atoms with Crippen LogP contribution < -0.4 is 10.5 Å². The fourth-order valence-corrected chi connectivity index (χ4v) is 2.34. The molecule has 1 aromatic rings. The molecule has 1 unspecified atom stereocenters. The highest BCUT2D eigenvalue weighted by atomic mass is 32.1. The summed E-state index contributed by atoms with van der Waals surface area (Å²) in [5.74, 6) is 0.537. The van der Waals surface area contributed by atoms with Gasteiger partial charge in [-0.1, -0.05) is 30.4 Å². The quantitative estimate of drug-likeness (QED) is 0.833. The molecule has 5 heteroatoms. The SMILES string of the molecule is NC(=S)C1CCCCN1C(=O)Oc1ccccc1. The number of para-hydroxylation sites is 1. The molecule has 0 saturated carbocycles. The minimum atomic E-state index is -0.376. The van der Waals surface area contributed by atoms with E-state index in [1.54, 1.807) is 17.0 Å². The van der Waals surface area contributed by atoms with Gasteiger partial charge < -0.3 is 10.5 Å². The number of rotatable bonds is 2. The Labute approximate surface area is 112 Å². The third-order valence-corrected chi connectivity index (χ3v) is 3.29. The average molecular weight is 264 g/mol. The lowest BCUT2D eigenvalue weighted by molar-refractivity contribution is 0.131. The fraction of sp³-hybridized carbons (Fsp3) is 0.385. The summed E-state index contributed by atoms with van der Waals surface area (Å²) in [6.07, 6.45) is 2.44. The number of nitrogens with two attached hydrogens (primary N) is 1. The van der Waals surface area contributed by atoms with Crippen molar-refractivity contribution >= 4 is 23.3 Å². The number of carbonyl (C=O) groups is 1. The molecule has 1 saturated heterocycles. The van der Waals surface area contributed by atoms with E-state index in [9.17, 15) is 4.79 Å². The largest absolute Gasteiger partial charge is 0.415 e. The Morgan fingerprint density at radius 2 is 2.06 bits per heavy atom. The van der Waals surface area contributed by atoms with E-state index in [2.05, 4.69) is 0 Å². The molecule has 1 heterocycles. The first-order valence-electron chi connectivity index (χ1n) is 6.01. The van der Waals surface area contributed by atoms with Crippen LogP contribution >= 0.6 is 12.2 Å². The molecule has 96 valence electrons. The number of amides is 1. The summed E-state index contributed by atoms with van der Waals surface area (Å²) in [5.41, 5.74) is 5.67. The molecule has 1 aromatic carbocycles. The smallest absolute Gasteiger partial charge is 0.410 e. The Balaban J connectivity index is 2.05. The minimum Gasteiger partial charge on any atom is -0.410 e. The second-order valence-electron chi connectivity index (χ2n) is 4.29. The van der Waals surface area contributed by atoms with Crippen LogP contribution in [-0.4, -0.2) is 28.6 Å². The van der Waals surface area contributed by atoms with Gasteiger partial charge in [0.25, 0.3) is 0 Å². The van der Waals surface area contributed by atoms with Crippen molar-refractivity contribution < 1.29 is 9.53 Å². The molecule has 1 atom stereocenters. The van der Waals surface area contributed by atoms with Crippen molar-refractivity contribution in [3.8, 4) is 5.75 Å². The number of hydrogen-bond acceptors (Lipinski definition) is 3. The predicted molar refractivity (Wildman–Crippen MR) is 73.6 cm³/mol. The molecular formula is C13H16N2O2S. The molecule has 1 fully saturated rings. The maximum atomic E-state index is 12.1. The number of likely N-dealkylation sites (tertiary alicyclic amines) is 1. The second-order valence-corrected chi connectivity index (χ2v) is 4.76. The minimum absolute atomic E-state index is 0.176. The molecule has 0 radical (unpaired) electrons. The molecule has 1 aliphatic heterocycles. The van der Waals surface area contributed by atoms with E-state index in [1.807, 2.05) is 18.2 Å². The van der Waals surface area contributed by atoms with Gasteiger partial charge >= 0.3 is 6.09 Å². The highest BCUT2D eigenvalue weighted by Gasteiger charge is 2.29. The number of thiocarbonyl (C=S) groups is 1. The number of nitrogens with zero attached hydrogens (tertiary/aromatic N) is 1. The van der Waals surface area contributed by atoms with Crippen LogP contribution in [0.15, 0.2) is 30.3 Å². The van der Waals surface area contributed by atoms with Gasteiger partial charge in [0.15, 0.2) is 0 Å². The zero-order valence-corrected chi connectivity index (χ0v) is 10.9. The molecule has 0 spiro atoms. The van der Waals surface area contributed by atoms with Crippen molar-refractivity contribution in [3.63, 3.8) is 0 Å². The zero-order chi connectivity index (χ0) is 13.0. The number of carbonyl (C=O) groups excluding carboxylic acids is 1. The van der Waals surface area contributed by atoms with Crippen molar-refractivity contribution in [1.29, 1.82) is 0 Å². The summed E-state index contributed by atoms with van der Waals surface area (Å²) < 4.78 is 5.31. The van der Waals surface area contributed by atoms with Crippen LogP contribution in [0.3, 0.4) is 0 Å². The number of hydrogen-bond donors (Lipinski definition) is 1. The fourth-order valence-electron chi connectivity index (χ4n) is 2.09. The standard InChI is InChI=1S/C13H16N2O2S/c14-12(18)11-8-4-5-9-15(11)13(16)17-10-6-2-1-3-7-10/h1-3,6-7,11H,4-5,8-9H2,(H2,14,18). The average Bonchev–Trinajstić information content (AvgIpc) is 2.40. The number of piperidine rings is 1. The van der Waals surface area contributed by atoms with Gasteiger partial charge in [0.05, 0.1) is 11.0 Å². The van der Waals surface area contributed by atoms with Gasteiger partial charge in [0.1, 0.15) is 5.75 Å². The van der Waals surface area contributed by atoms with Crippen LogP contribution in [0.2, 0.25) is 0 Å². The molecule has 18 heavy (non-hydrogen) atoms. The van der Waals surface area contributed by atoms with Gasteiger partial charge in [-0.05, 0) is 31.4 Å². The van der Waals surface area contributed by atoms with Crippen LogP contribution in [-0.2, 0) is 0 Å². The normalized spacial score (nSPS) is 19.3. The van der Waals surface area contributed by atoms with Gasteiger partial charge in [-0.15, -0.1) is 0 Å². The Morgan fingerprint density at radius 3 is 2.72 bits per heavy atom. The molecule has 1 amide bonds. The van der Waals surface area contributed by atoms with Crippen molar-refractivity contribution in [2.45, 2.75) is 25.3 Å². The molecule has 2 rings (SSSR count). The Kier molecular flexibility index (Phi) is 4.15. The first kappa shape index (κ1) is 12.8. The van der Waals surface area contributed by atoms with Crippen LogP contribution in [0, 0.1) is 0 Å². The topological polar surface area (TPSA) is 55.6 Å². The summed E-state index contributed by atoms with van der Waals surface area (Å²) in [4.78, 5) is 14.1. The first-order chi connectivity index (χ1) is 8.68. The summed E-state index contributed by atoms with van der Waals surface area (Å²) >= 11 is 5.00. The Morgan fingerprint density at radius 1 is 1.33 bits per heavy atom. The van der Waals surface area contributed by atoms with Crippen LogP contribution in [0.1, 0.15) is 19.3 Å². The summed E-state index contributed by atoms with van der Waals surface area (Å²) in [6, 6.07) is 8.84. The third kappa shape index (κ3) is 2.98. The molecule has 0 aliphatic carbocycles. The van der Waals surface area contributed by atoms with Gasteiger partial charge in [-0.3, -0.25) is 4.90 Å². The molecule has 0 aromatic heterocycles. The van der Waals surface area contributed by atoms with Crippen molar-refractivity contribution in [2.75, 3.05) is 6.54 Å². The van der Waals surface area contributed by atoms with Crippen LogP contribution in [0.5, 0.6) is 5.75 Å². The first-order valence-corrected chi connectivity index (χ1v) is 6.42. The lowest BCUT2D eigenvalue weighted by Crippen LogP contribution is -2.50. The molecule has 4 nitrogen and oxygen atoms in total. The number of benzene rings is 1. The van der Waals surface area contributed by atoms with E-state index >= 15 is 0 Å². The van der Waals surface area contributed by atoms with Gasteiger partial charge in [-0.2, -0.15) is 0 Å². The van der Waals surface area contributed by atoms with Gasteiger partial charge in [0, 0.05) is 6.54 Å². The van der Waals surface area contributed by atoms with Crippen molar-refractivity contribution in [1.82, 2.24) is 4.90 Å². The highest BCUT2D eigenvalue weighted by Crippen LogP contribution is 2.19. The zero-order valence-electron chi connectivity index (χ0n) is 10.0. The van der Waals surface area contributed by atoms with Crippen LogP contribution in [0.25, 0.3) is 0 Å². The van der Waals surface area contributed by atoms with Crippen molar-refractivity contribution in [3.05, 3.63) is 30.3 Å². The van der Waals surface area contributed by atoms with Crippen LogP contribution in [0.4, 0.5) is 4.79 Å². The summed E-state index contributed by atoms with van der Waals surface area (Å²) in [5, 5.41) is 0. The van der Waals surface area contributed by atoms with E-state index < -0.39 is 0 Å². The monoisotopic (exact) mass is 264 g/mol. The Bertz CT molecular complexity index is 436. The summed E-state index contributed by atoms with van der Waals surface area (Å²) in [7, 11) is 0. The third-order valence-electron chi connectivity index (χ3n) is 3.01.